The summed E-state index contributed by atoms with van der Waals surface area (Å²) in [6, 6.07) is 7.90. The predicted octanol–water partition coefficient (Wildman–Crippen LogP) is 5.12. The van der Waals surface area contributed by atoms with Gasteiger partial charge < -0.3 is 5.32 Å². The lowest BCUT2D eigenvalue weighted by molar-refractivity contribution is -0.140. The van der Waals surface area contributed by atoms with Crippen LogP contribution in [0.3, 0.4) is 0 Å². The van der Waals surface area contributed by atoms with Gasteiger partial charge in [0.1, 0.15) is 0 Å². The summed E-state index contributed by atoms with van der Waals surface area (Å²) in [5.41, 5.74) is -0.00637. The summed E-state index contributed by atoms with van der Waals surface area (Å²) < 4.78 is 38.5. The van der Waals surface area contributed by atoms with Gasteiger partial charge in [0.05, 0.1) is 15.2 Å². The van der Waals surface area contributed by atoms with Crippen LogP contribution in [0.2, 0.25) is 0 Å². The summed E-state index contributed by atoms with van der Waals surface area (Å²) in [4.78, 5) is 19.7. The van der Waals surface area contributed by atoms with E-state index >= 15 is 0 Å². The number of carbonyl (C=O) groups excluding carboxylic acids is 1. The smallest absolute Gasteiger partial charge is 0.302 e. The van der Waals surface area contributed by atoms with Crippen molar-refractivity contribution in [3.8, 4) is 0 Å². The van der Waals surface area contributed by atoms with E-state index in [9.17, 15) is 18.0 Å². The summed E-state index contributed by atoms with van der Waals surface area (Å²) in [5, 5.41) is 4.30. The number of amides is 1. The highest BCUT2D eigenvalue weighted by atomic mass is 32.1. The second-order valence-electron chi connectivity index (χ2n) is 5.37. The summed E-state index contributed by atoms with van der Waals surface area (Å²) in [6.45, 7) is 0. The van der Waals surface area contributed by atoms with Crippen LogP contribution >= 0.6 is 22.7 Å². The maximum absolute atomic E-state index is 12.5. The fourth-order valence-electron chi connectivity index (χ4n) is 2.23. The molecule has 9 heteroatoms. The molecule has 2 aromatic heterocycles. The van der Waals surface area contributed by atoms with Crippen LogP contribution in [-0.2, 0) is 17.4 Å². The third-order valence-electron chi connectivity index (χ3n) is 3.42. The third kappa shape index (κ3) is 4.76. The van der Waals surface area contributed by atoms with Gasteiger partial charge in [-0.1, -0.05) is 12.1 Å². The monoisotopic (exact) mass is 385 g/mol. The molecule has 0 spiro atoms. The topological polar surface area (TPSA) is 54.9 Å². The number of benzene rings is 1. The van der Waals surface area contributed by atoms with Crippen LogP contribution in [0.4, 0.5) is 18.3 Å². The summed E-state index contributed by atoms with van der Waals surface area (Å²) in [6.07, 6.45) is -2.04. The summed E-state index contributed by atoms with van der Waals surface area (Å²) in [5.74, 6) is -0.327. The molecule has 3 aromatic rings. The first kappa shape index (κ1) is 17.8. The van der Waals surface area contributed by atoms with E-state index in [4.69, 9.17) is 0 Å². The number of halogens is 3. The number of thiazole rings is 2. The first-order valence-electron chi connectivity index (χ1n) is 7.59. The number of rotatable bonds is 6. The van der Waals surface area contributed by atoms with E-state index in [1.54, 1.807) is 11.3 Å². The molecule has 0 aliphatic carbocycles. The molecular weight excluding hydrogens is 371 g/mol. The van der Waals surface area contributed by atoms with Crippen molar-refractivity contribution in [1.29, 1.82) is 0 Å². The quantitative estimate of drug-likeness (QED) is 0.599. The number of nitrogens with zero attached hydrogens (tertiary/aromatic N) is 2. The Bertz CT molecular complexity index is 840. The van der Waals surface area contributed by atoms with Crippen molar-refractivity contribution in [2.24, 2.45) is 0 Å². The number of aromatic nitrogens is 2. The number of hydrogen-bond donors (Lipinski definition) is 1. The highest BCUT2D eigenvalue weighted by Gasteiger charge is 2.33. The van der Waals surface area contributed by atoms with E-state index in [1.807, 2.05) is 24.3 Å². The highest BCUT2D eigenvalue weighted by molar-refractivity contribution is 7.18. The molecule has 132 valence electrons. The average molecular weight is 385 g/mol. The van der Waals surface area contributed by atoms with Crippen LogP contribution < -0.4 is 5.32 Å². The van der Waals surface area contributed by atoms with Gasteiger partial charge in [0.25, 0.3) is 0 Å². The maximum Gasteiger partial charge on any atom is 0.434 e. The Kier molecular flexibility index (Phi) is 5.33. The standard InChI is InChI=1S/C16H14F3N3OS2/c17-16(18,19)12-9-24-15(21-12)22-13(23)7-3-4-8-14-20-10-5-1-2-6-11(10)25-14/h1-2,5-6,9H,3-4,7-8H2,(H,21,22,23). The maximum atomic E-state index is 12.5. The van der Waals surface area contributed by atoms with Crippen LogP contribution in [-0.4, -0.2) is 15.9 Å². The van der Waals surface area contributed by atoms with Gasteiger partial charge in [-0.05, 0) is 31.4 Å². The Morgan fingerprint density at radius 2 is 1.96 bits per heavy atom. The van der Waals surface area contributed by atoms with Crippen LogP contribution in [0.25, 0.3) is 10.2 Å². The second kappa shape index (κ2) is 7.49. The number of para-hydroxylation sites is 1. The number of unbranched alkanes of at least 4 members (excludes halogenated alkanes) is 1. The summed E-state index contributed by atoms with van der Waals surface area (Å²) >= 11 is 2.41. The van der Waals surface area contributed by atoms with Gasteiger partial charge in [0.15, 0.2) is 10.8 Å². The van der Waals surface area contributed by atoms with Crippen molar-refractivity contribution in [2.45, 2.75) is 31.9 Å². The first-order chi connectivity index (χ1) is 11.9. The van der Waals surface area contributed by atoms with Crippen LogP contribution in [0, 0.1) is 0 Å². The van der Waals surface area contributed by atoms with Gasteiger partial charge in [-0.15, -0.1) is 22.7 Å². The van der Waals surface area contributed by atoms with Crippen molar-refractivity contribution >= 4 is 43.9 Å². The minimum atomic E-state index is -4.49. The average Bonchev–Trinajstić information content (AvgIpc) is 3.17. The molecule has 0 saturated carbocycles. The van der Waals surface area contributed by atoms with Crippen molar-refractivity contribution < 1.29 is 18.0 Å². The zero-order valence-corrected chi connectivity index (χ0v) is 14.6. The fraction of sp³-hybridized carbons (Fsp3) is 0.312. The molecule has 4 nitrogen and oxygen atoms in total. The van der Waals surface area contributed by atoms with E-state index < -0.39 is 11.9 Å². The number of nitrogens with one attached hydrogen (secondary N) is 1. The number of alkyl halides is 3. The molecule has 1 amide bonds. The molecule has 0 fully saturated rings. The van der Waals surface area contributed by atoms with Crippen LogP contribution in [0.15, 0.2) is 29.6 Å². The highest BCUT2D eigenvalue weighted by Crippen LogP contribution is 2.31. The number of hydrogen-bond acceptors (Lipinski definition) is 5. The minimum Gasteiger partial charge on any atom is -0.302 e. The number of carbonyl (C=O) groups is 1. The van der Waals surface area contributed by atoms with Gasteiger partial charge >= 0.3 is 6.18 Å². The molecule has 25 heavy (non-hydrogen) atoms. The van der Waals surface area contributed by atoms with Crippen LogP contribution in [0.1, 0.15) is 30.0 Å². The SMILES string of the molecule is O=C(CCCCc1nc2ccccc2s1)Nc1nc(C(F)(F)F)cs1. The molecule has 0 bridgehead atoms. The van der Waals surface area contributed by atoms with Gasteiger partial charge in [0, 0.05) is 11.8 Å². The Hall–Kier alpha value is -2.00. The third-order valence-corrected chi connectivity index (χ3v) is 5.28. The van der Waals surface area contributed by atoms with Gasteiger partial charge in [-0.25, -0.2) is 9.97 Å². The van der Waals surface area contributed by atoms with E-state index in [0.29, 0.717) is 6.42 Å². The lowest BCUT2D eigenvalue weighted by Crippen LogP contribution is -2.12. The van der Waals surface area contributed by atoms with E-state index in [-0.39, 0.29) is 17.5 Å². The lowest BCUT2D eigenvalue weighted by atomic mass is 10.2. The number of anilines is 1. The van der Waals surface area contributed by atoms with Crippen molar-refractivity contribution in [3.63, 3.8) is 0 Å². The zero-order valence-electron chi connectivity index (χ0n) is 13.0. The van der Waals surface area contributed by atoms with Gasteiger partial charge in [0.2, 0.25) is 5.91 Å². The van der Waals surface area contributed by atoms with Crippen molar-refractivity contribution in [1.82, 2.24) is 9.97 Å². The number of fused-ring (bicyclic) bond motifs is 1. The molecule has 3 rings (SSSR count). The Morgan fingerprint density at radius 3 is 2.68 bits per heavy atom. The lowest BCUT2D eigenvalue weighted by Gasteiger charge is -2.02. The molecule has 2 heterocycles. The Morgan fingerprint density at radius 1 is 1.16 bits per heavy atom. The summed E-state index contributed by atoms with van der Waals surface area (Å²) in [7, 11) is 0. The molecule has 0 aliphatic rings. The molecule has 0 atom stereocenters. The molecule has 1 aromatic carbocycles. The van der Waals surface area contributed by atoms with E-state index in [2.05, 4.69) is 15.3 Å². The molecule has 1 N–H and O–H groups in total. The predicted molar refractivity (Wildman–Crippen MR) is 92.9 cm³/mol. The molecule has 0 saturated heterocycles. The largest absolute Gasteiger partial charge is 0.434 e. The number of aryl methyl sites for hydroxylation is 1. The molecular formula is C16H14F3N3OS2. The minimum absolute atomic E-state index is 0.0245. The Labute approximate surface area is 149 Å². The molecule has 0 unspecified atom stereocenters. The molecule has 0 aliphatic heterocycles. The fourth-order valence-corrected chi connectivity index (χ4v) is 3.97. The van der Waals surface area contributed by atoms with E-state index in [1.165, 1.54) is 0 Å². The van der Waals surface area contributed by atoms with Gasteiger partial charge in [-0.2, -0.15) is 13.2 Å². The van der Waals surface area contributed by atoms with E-state index in [0.717, 1.165) is 44.8 Å². The normalized spacial score (nSPS) is 11.8. The van der Waals surface area contributed by atoms with Crippen molar-refractivity contribution in [3.05, 3.63) is 40.3 Å². The Balaban J connectivity index is 1.42. The second-order valence-corrected chi connectivity index (χ2v) is 7.34. The van der Waals surface area contributed by atoms with Crippen molar-refractivity contribution in [2.75, 3.05) is 5.32 Å². The molecule has 0 radical (unpaired) electrons. The van der Waals surface area contributed by atoms with Crippen LogP contribution in [0.5, 0.6) is 0 Å². The van der Waals surface area contributed by atoms with Gasteiger partial charge in [-0.3, -0.25) is 4.79 Å². The zero-order chi connectivity index (χ0) is 17.9. The first-order valence-corrected chi connectivity index (χ1v) is 9.28.